The first-order valence-electron chi connectivity index (χ1n) is 5.96. The molecule has 19 heavy (non-hydrogen) atoms. The minimum Gasteiger partial charge on any atom is -0.397 e. The normalized spacial score (nSPS) is 10.1. The van der Waals surface area contributed by atoms with E-state index in [1.807, 2.05) is 6.92 Å². The van der Waals surface area contributed by atoms with Crippen molar-refractivity contribution in [2.75, 3.05) is 25.4 Å². The molecule has 0 saturated carbocycles. The number of nitrogens with zero attached hydrogens (tertiary/aromatic N) is 2. The maximum Gasteiger partial charge on any atom is 0.257 e. The molecule has 0 aromatic carbocycles. The molecule has 1 aromatic rings. The molecule has 2 amide bonds. The molecule has 0 radical (unpaired) electrons. The molecule has 104 valence electrons. The van der Waals surface area contributed by atoms with Crippen molar-refractivity contribution in [2.45, 2.75) is 13.8 Å². The lowest BCUT2D eigenvalue weighted by Crippen LogP contribution is -2.40. The minimum absolute atomic E-state index is 0.0195. The molecule has 0 atom stereocenters. The molecular weight excluding hydrogens is 268 g/mol. The van der Waals surface area contributed by atoms with Crippen LogP contribution in [0.5, 0.6) is 0 Å². The van der Waals surface area contributed by atoms with Gasteiger partial charge in [0, 0.05) is 13.1 Å². The van der Waals surface area contributed by atoms with Crippen LogP contribution in [0.4, 0.5) is 5.69 Å². The molecule has 1 rings (SSSR count). The lowest BCUT2D eigenvalue weighted by molar-refractivity contribution is -0.121. The molecule has 0 spiro atoms. The number of halogens is 1. The van der Waals surface area contributed by atoms with Gasteiger partial charge in [0.25, 0.3) is 5.91 Å². The maximum atomic E-state index is 12.3. The van der Waals surface area contributed by atoms with Gasteiger partial charge in [-0.1, -0.05) is 11.6 Å². The predicted molar refractivity (Wildman–Crippen MR) is 73.9 cm³/mol. The Morgan fingerprint density at radius 3 is 2.74 bits per heavy atom. The quantitative estimate of drug-likeness (QED) is 0.787. The van der Waals surface area contributed by atoms with E-state index in [9.17, 15) is 9.59 Å². The van der Waals surface area contributed by atoms with E-state index in [2.05, 4.69) is 10.3 Å². The molecule has 0 aliphatic rings. The zero-order valence-electron chi connectivity index (χ0n) is 10.9. The third kappa shape index (κ3) is 4.10. The summed E-state index contributed by atoms with van der Waals surface area (Å²) in [5, 5.41) is 2.71. The highest BCUT2D eigenvalue weighted by atomic mass is 35.5. The number of carbonyl (C=O) groups excluding carboxylic acids is 2. The van der Waals surface area contributed by atoms with Crippen molar-refractivity contribution >= 4 is 29.1 Å². The van der Waals surface area contributed by atoms with Gasteiger partial charge in [0.05, 0.1) is 24.0 Å². The van der Waals surface area contributed by atoms with Gasteiger partial charge in [-0.25, -0.2) is 4.98 Å². The van der Waals surface area contributed by atoms with Crippen molar-refractivity contribution in [1.82, 2.24) is 15.2 Å². The standard InChI is InChI=1S/C12H17ClN4O2/c1-3-15-10(18)7-17(4-2)12(19)9-5-8(14)6-16-11(9)13/h5-6H,3-4,7,14H2,1-2H3,(H,15,18). The summed E-state index contributed by atoms with van der Waals surface area (Å²) >= 11 is 5.88. The molecule has 7 heteroatoms. The van der Waals surface area contributed by atoms with Crippen molar-refractivity contribution in [2.24, 2.45) is 0 Å². The van der Waals surface area contributed by atoms with E-state index in [0.717, 1.165) is 0 Å². The largest absolute Gasteiger partial charge is 0.397 e. The Labute approximate surface area is 116 Å². The lowest BCUT2D eigenvalue weighted by Gasteiger charge is -2.20. The van der Waals surface area contributed by atoms with Gasteiger partial charge in [0.15, 0.2) is 0 Å². The van der Waals surface area contributed by atoms with Gasteiger partial charge in [-0.15, -0.1) is 0 Å². The van der Waals surface area contributed by atoms with Gasteiger partial charge in [-0.05, 0) is 19.9 Å². The Morgan fingerprint density at radius 2 is 2.16 bits per heavy atom. The van der Waals surface area contributed by atoms with Crippen LogP contribution in [0.1, 0.15) is 24.2 Å². The molecule has 0 saturated heterocycles. The summed E-state index contributed by atoms with van der Waals surface area (Å²) in [7, 11) is 0. The zero-order chi connectivity index (χ0) is 14.4. The molecule has 0 aliphatic carbocycles. The summed E-state index contributed by atoms with van der Waals surface area (Å²) in [5.41, 5.74) is 6.14. The number of rotatable bonds is 5. The Morgan fingerprint density at radius 1 is 1.47 bits per heavy atom. The fourth-order valence-corrected chi connectivity index (χ4v) is 1.72. The van der Waals surface area contributed by atoms with Crippen LogP contribution in [0.2, 0.25) is 5.15 Å². The van der Waals surface area contributed by atoms with Gasteiger partial charge < -0.3 is 16.0 Å². The number of aromatic nitrogens is 1. The van der Waals surface area contributed by atoms with E-state index >= 15 is 0 Å². The van der Waals surface area contributed by atoms with Gasteiger partial charge >= 0.3 is 0 Å². The summed E-state index contributed by atoms with van der Waals surface area (Å²) in [5.74, 6) is -0.579. The van der Waals surface area contributed by atoms with Crippen molar-refractivity contribution in [3.63, 3.8) is 0 Å². The fourth-order valence-electron chi connectivity index (χ4n) is 1.54. The number of pyridine rings is 1. The van der Waals surface area contributed by atoms with Crippen molar-refractivity contribution < 1.29 is 9.59 Å². The molecule has 1 aromatic heterocycles. The Kier molecular flexibility index (Phi) is 5.57. The molecule has 0 aliphatic heterocycles. The highest BCUT2D eigenvalue weighted by molar-refractivity contribution is 6.32. The number of hydrogen-bond acceptors (Lipinski definition) is 4. The number of carbonyl (C=O) groups is 2. The fraction of sp³-hybridized carbons (Fsp3) is 0.417. The second-order valence-corrected chi connectivity index (χ2v) is 4.24. The maximum absolute atomic E-state index is 12.3. The van der Waals surface area contributed by atoms with Gasteiger partial charge in [-0.3, -0.25) is 9.59 Å². The number of nitrogens with two attached hydrogens (primary N) is 1. The summed E-state index contributed by atoms with van der Waals surface area (Å²) in [4.78, 5) is 29.0. The van der Waals surface area contributed by atoms with Crippen LogP contribution < -0.4 is 11.1 Å². The highest BCUT2D eigenvalue weighted by Gasteiger charge is 2.20. The lowest BCUT2D eigenvalue weighted by atomic mass is 10.2. The molecule has 0 unspecified atom stereocenters. The third-order valence-corrected chi connectivity index (χ3v) is 2.77. The van der Waals surface area contributed by atoms with Gasteiger partial charge in [0.2, 0.25) is 5.91 Å². The SMILES string of the molecule is CCNC(=O)CN(CC)C(=O)c1cc(N)cnc1Cl. The summed E-state index contributed by atoms with van der Waals surface area (Å²) in [6.07, 6.45) is 1.37. The smallest absolute Gasteiger partial charge is 0.257 e. The average molecular weight is 285 g/mol. The summed E-state index contributed by atoms with van der Waals surface area (Å²) in [6, 6.07) is 1.46. The first-order chi connectivity index (χ1) is 8.99. The molecule has 0 fully saturated rings. The molecule has 6 nitrogen and oxygen atoms in total. The van der Waals surface area contributed by atoms with E-state index in [4.69, 9.17) is 17.3 Å². The van der Waals surface area contributed by atoms with Crippen molar-refractivity contribution in [3.05, 3.63) is 23.0 Å². The summed E-state index contributed by atoms with van der Waals surface area (Å²) in [6.45, 7) is 4.49. The van der Waals surface area contributed by atoms with Crippen LogP contribution in [0.25, 0.3) is 0 Å². The van der Waals surface area contributed by atoms with Crippen LogP contribution in [0.3, 0.4) is 0 Å². The topological polar surface area (TPSA) is 88.3 Å². The Bertz CT molecular complexity index is 479. The second kappa shape index (κ2) is 6.94. The van der Waals surface area contributed by atoms with E-state index in [0.29, 0.717) is 18.8 Å². The zero-order valence-corrected chi connectivity index (χ0v) is 11.7. The third-order valence-electron chi connectivity index (χ3n) is 2.47. The molecule has 3 N–H and O–H groups in total. The summed E-state index contributed by atoms with van der Waals surface area (Å²) < 4.78 is 0. The first kappa shape index (κ1) is 15.2. The van der Waals surface area contributed by atoms with Gasteiger partial charge in [0.1, 0.15) is 5.15 Å². The Hall–Kier alpha value is -1.82. The molecule has 0 bridgehead atoms. The van der Waals surface area contributed by atoms with Crippen LogP contribution in [-0.4, -0.2) is 41.3 Å². The average Bonchev–Trinajstić information content (AvgIpc) is 2.38. The van der Waals surface area contributed by atoms with Gasteiger partial charge in [-0.2, -0.15) is 0 Å². The molecule has 1 heterocycles. The van der Waals surface area contributed by atoms with E-state index in [1.54, 1.807) is 6.92 Å². The van der Waals surface area contributed by atoms with Crippen LogP contribution in [0, 0.1) is 0 Å². The van der Waals surface area contributed by atoms with Crippen LogP contribution in [-0.2, 0) is 4.79 Å². The van der Waals surface area contributed by atoms with Crippen molar-refractivity contribution in [3.8, 4) is 0 Å². The Balaban J connectivity index is 2.89. The van der Waals surface area contributed by atoms with Crippen LogP contribution in [0.15, 0.2) is 12.3 Å². The minimum atomic E-state index is -0.362. The predicted octanol–water partition coefficient (Wildman–Crippen LogP) is 0.915. The van der Waals surface area contributed by atoms with E-state index in [-0.39, 0.29) is 29.1 Å². The number of nitrogens with one attached hydrogen (secondary N) is 1. The van der Waals surface area contributed by atoms with Crippen LogP contribution >= 0.6 is 11.6 Å². The van der Waals surface area contributed by atoms with E-state index < -0.39 is 0 Å². The van der Waals surface area contributed by atoms with Crippen molar-refractivity contribution in [1.29, 1.82) is 0 Å². The number of anilines is 1. The number of likely N-dealkylation sites (N-methyl/N-ethyl adjacent to an activating group) is 2. The highest BCUT2D eigenvalue weighted by Crippen LogP contribution is 2.17. The number of nitrogen functional groups attached to an aromatic ring is 1. The second-order valence-electron chi connectivity index (χ2n) is 3.88. The number of amides is 2. The number of hydrogen-bond donors (Lipinski definition) is 2. The molecular formula is C12H17ClN4O2. The monoisotopic (exact) mass is 284 g/mol. The van der Waals surface area contributed by atoms with E-state index in [1.165, 1.54) is 17.2 Å². The first-order valence-corrected chi connectivity index (χ1v) is 6.34.